The van der Waals surface area contributed by atoms with Crippen LogP contribution in [0, 0.1) is 11.8 Å². The first-order valence-electron chi connectivity index (χ1n) is 9.17. The molecule has 0 aromatic carbocycles. The number of ether oxygens (including phenoxy) is 2. The predicted molar refractivity (Wildman–Crippen MR) is 99.7 cm³/mol. The van der Waals surface area contributed by atoms with Gasteiger partial charge in [0.15, 0.2) is 5.54 Å². The van der Waals surface area contributed by atoms with Gasteiger partial charge >= 0.3 is 18.2 Å². The van der Waals surface area contributed by atoms with Crippen molar-refractivity contribution in [2.24, 2.45) is 11.8 Å². The van der Waals surface area contributed by atoms with E-state index in [9.17, 15) is 19.2 Å². The summed E-state index contributed by atoms with van der Waals surface area (Å²) in [4.78, 5) is 53.1. The number of allylic oxidation sites excluding steroid dienone is 1. The van der Waals surface area contributed by atoms with Gasteiger partial charge in [0.2, 0.25) is 0 Å². The van der Waals surface area contributed by atoms with E-state index in [-0.39, 0.29) is 5.92 Å². The van der Waals surface area contributed by atoms with Gasteiger partial charge in [-0.1, -0.05) is 12.2 Å². The third-order valence-electron chi connectivity index (χ3n) is 4.93. The maximum atomic E-state index is 13.4. The van der Waals surface area contributed by atoms with Crippen molar-refractivity contribution in [3.63, 3.8) is 0 Å². The molecule has 4 atom stereocenters. The molecular formula is C19H25ClN2O6. The number of nitrogens with zero attached hydrogens (tertiary/aromatic N) is 2. The van der Waals surface area contributed by atoms with Gasteiger partial charge in [-0.05, 0) is 53.9 Å². The number of amides is 5. The van der Waals surface area contributed by atoms with Crippen LogP contribution in [0.15, 0.2) is 12.2 Å². The van der Waals surface area contributed by atoms with E-state index < -0.39 is 52.2 Å². The lowest BCUT2D eigenvalue weighted by molar-refractivity contribution is -0.133. The van der Waals surface area contributed by atoms with Crippen molar-refractivity contribution in [2.45, 2.75) is 70.1 Å². The van der Waals surface area contributed by atoms with Crippen molar-refractivity contribution in [3.8, 4) is 0 Å². The summed E-state index contributed by atoms with van der Waals surface area (Å²) in [7, 11) is 0. The molecule has 1 spiro atoms. The second-order valence-corrected chi connectivity index (χ2v) is 9.81. The number of alkyl halides is 1. The van der Waals surface area contributed by atoms with Crippen LogP contribution in [0.2, 0.25) is 0 Å². The normalized spacial score (nSPS) is 31.9. The molecular weight excluding hydrogens is 388 g/mol. The highest BCUT2D eigenvalue weighted by Gasteiger charge is 2.73. The number of fused-ring (bicyclic) bond motifs is 3. The fourth-order valence-electron chi connectivity index (χ4n) is 3.99. The smallest absolute Gasteiger partial charge is 0.425 e. The molecule has 28 heavy (non-hydrogen) atoms. The SMILES string of the molecule is CC(C)(C)OC(=O)N1C(=O)N(C(=O)OC(C)(C)C)[C@]2(C1=O)[C@@H]1C=C[C@@H](C1)[C@@H]2Cl. The quantitative estimate of drug-likeness (QED) is 0.342. The molecule has 2 aliphatic carbocycles. The van der Waals surface area contributed by atoms with Gasteiger partial charge < -0.3 is 9.47 Å². The van der Waals surface area contributed by atoms with Gasteiger partial charge in [0, 0.05) is 5.92 Å². The summed E-state index contributed by atoms with van der Waals surface area (Å²) < 4.78 is 10.6. The van der Waals surface area contributed by atoms with Crippen LogP contribution >= 0.6 is 11.6 Å². The van der Waals surface area contributed by atoms with Gasteiger partial charge in [-0.3, -0.25) is 4.79 Å². The van der Waals surface area contributed by atoms with Crippen molar-refractivity contribution in [1.29, 1.82) is 0 Å². The molecule has 1 heterocycles. The molecule has 1 saturated heterocycles. The van der Waals surface area contributed by atoms with E-state index in [4.69, 9.17) is 21.1 Å². The van der Waals surface area contributed by atoms with Gasteiger partial charge in [0.1, 0.15) is 11.2 Å². The Balaban J connectivity index is 2.07. The number of carbonyl (C=O) groups excluding carboxylic acids is 4. The molecule has 0 N–H and O–H groups in total. The molecule has 2 bridgehead atoms. The molecule has 0 aromatic heterocycles. The molecule has 2 fully saturated rings. The maximum absolute atomic E-state index is 13.4. The van der Waals surface area contributed by atoms with Crippen molar-refractivity contribution in [3.05, 3.63) is 12.2 Å². The number of halogens is 1. The van der Waals surface area contributed by atoms with E-state index in [1.807, 2.05) is 6.08 Å². The number of urea groups is 1. The van der Waals surface area contributed by atoms with Crippen LogP contribution in [0.5, 0.6) is 0 Å². The van der Waals surface area contributed by atoms with Crippen LogP contribution in [-0.4, -0.2) is 56.0 Å². The van der Waals surface area contributed by atoms with Crippen molar-refractivity contribution >= 4 is 35.7 Å². The summed E-state index contributed by atoms with van der Waals surface area (Å²) in [5.74, 6) is -1.53. The third kappa shape index (κ3) is 2.98. The highest BCUT2D eigenvalue weighted by atomic mass is 35.5. The molecule has 3 rings (SSSR count). The van der Waals surface area contributed by atoms with Crippen molar-refractivity contribution < 1.29 is 28.7 Å². The Bertz CT molecular complexity index is 780. The number of hydrogen-bond acceptors (Lipinski definition) is 6. The minimum absolute atomic E-state index is 0.188. The maximum Gasteiger partial charge on any atom is 0.425 e. The second kappa shape index (κ2) is 6.20. The number of hydrogen-bond donors (Lipinski definition) is 0. The average Bonchev–Trinajstić information content (AvgIpc) is 3.11. The van der Waals surface area contributed by atoms with Gasteiger partial charge in [0.05, 0.1) is 5.38 Å². The minimum atomic E-state index is -1.70. The summed E-state index contributed by atoms with van der Waals surface area (Å²) >= 11 is 6.59. The van der Waals surface area contributed by atoms with Gasteiger partial charge in [0.25, 0.3) is 5.91 Å². The van der Waals surface area contributed by atoms with E-state index in [1.54, 1.807) is 47.6 Å². The fraction of sp³-hybridized carbons (Fsp3) is 0.684. The molecule has 9 heteroatoms. The molecule has 154 valence electrons. The molecule has 1 saturated carbocycles. The standard InChI is InChI=1S/C19H25ClN2O6/c1-17(2,3)27-15(25)21-13(23)19(11-8-7-10(9-11)12(19)20)22(14(21)24)16(26)28-18(4,5)6/h7-8,10-12H,9H2,1-6H3/t10-,11+,12-,19+/m0/s1. The van der Waals surface area contributed by atoms with E-state index >= 15 is 0 Å². The van der Waals surface area contributed by atoms with Gasteiger partial charge in [-0.2, -0.15) is 4.90 Å². The molecule has 8 nitrogen and oxygen atoms in total. The Hall–Kier alpha value is -2.09. The molecule has 5 amide bonds. The number of rotatable bonds is 0. The fourth-order valence-corrected chi connectivity index (χ4v) is 4.53. The second-order valence-electron chi connectivity index (χ2n) is 9.34. The van der Waals surface area contributed by atoms with Gasteiger partial charge in [-0.25, -0.2) is 19.3 Å². The Kier molecular flexibility index (Phi) is 4.57. The molecule has 0 radical (unpaired) electrons. The molecule has 0 unspecified atom stereocenters. The highest BCUT2D eigenvalue weighted by Crippen LogP contribution is 2.55. The lowest BCUT2D eigenvalue weighted by Gasteiger charge is -2.38. The highest BCUT2D eigenvalue weighted by molar-refractivity contribution is 6.30. The summed E-state index contributed by atoms with van der Waals surface area (Å²) in [5.41, 5.74) is -3.54. The average molecular weight is 413 g/mol. The number of imide groups is 4. The topological polar surface area (TPSA) is 93.2 Å². The van der Waals surface area contributed by atoms with Crippen molar-refractivity contribution in [1.82, 2.24) is 9.80 Å². The Morgan fingerprint density at radius 3 is 2.04 bits per heavy atom. The van der Waals surface area contributed by atoms with E-state index in [2.05, 4.69) is 0 Å². The summed E-state index contributed by atoms with van der Waals surface area (Å²) in [5, 5.41) is -0.862. The van der Waals surface area contributed by atoms with Crippen LogP contribution in [0.25, 0.3) is 0 Å². The van der Waals surface area contributed by atoms with Crippen LogP contribution in [0.4, 0.5) is 14.4 Å². The monoisotopic (exact) mass is 412 g/mol. The first-order chi connectivity index (χ1) is 12.7. The molecule has 0 aromatic rings. The summed E-state index contributed by atoms with van der Waals surface area (Å²) in [6, 6.07) is -1.10. The zero-order valence-electron chi connectivity index (χ0n) is 16.8. The largest absolute Gasteiger partial charge is 0.443 e. The van der Waals surface area contributed by atoms with E-state index in [1.165, 1.54) is 0 Å². The first kappa shape index (κ1) is 20.6. The predicted octanol–water partition coefficient (Wildman–Crippen LogP) is 3.67. The van der Waals surface area contributed by atoms with E-state index in [0.29, 0.717) is 11.3 Å². The molecule has 3 aliphatic rings. The Morgan fingerprint density at radius 2 is 1.57 bits per heavy atom. The lowest BCUT2D eigenvalue weighted by Crippen LogP contribution is -2.61. The Morgan fingerprint density at radius 1 is 1.04 bits per heavy atom. The molecule has 1 aliphatic heterocycles. The minimum Gasteiger partial charge on any atom is -0.443 e. The van der Waals surface area contributed by atoms with Crippen molar-refractivity contribution in [2.75, 3.05) is 0 Å². The summed E-state index contributed by atoms with van der Waals surface area (Å²) in [6.07, 6.45) is 2.00. The van der Waals surface area contributed by atoms with Crippen LogP contribution in [0.3, 0.4) is 0 Å². The zero-order chi connectivity index (χ0) is 21.2. The zero-order valence-corrected chi connectivity index (χ0v) is 17.6. The summed E-state index contributed by atoms with van der Waals surface area (Å²) in [6.45, 7) is 9.77. The van der Waals surface area contributed by atoms with Crippen LogP contribution < -0.4 is 0 Å². The Labute approximate surface area is 168 Å². The first-order valence-corrected chi connectivity index (χ1v) is 9.61. The number of carbonyl (C=O) groups is 4. The van der Waals surface area contributed by atoms with Crippen LogP contribution in [0.1, 0.15) is 48.0 Å². The van der Waals surface area contributed by atoms with E-state index in [0.717, 1.165) is 4.90 Å². The van der Waals surface area contributed by atoms with Crippen LogP contribution in [-0.2, 0) is 14.3 Å². The third-order valence-corrected chi connectivity index (χ3v) is 5.59. The lowest BCUT2D eigenvalue weighted by atomic mass is 9.82. The van der Waals surface area contributed by atoms with Gasteiger partial charge in [-0.15, -0.1) is 11.6 Å².